The highest BCUT2D eigenvalue weighted by atomic mass is 35.5. The minimum Gasteiger partial charge on any atom is -0.321 e. The lowest BCUT2D eigenvalue weighted by atomic mass is 10.3. The number of amides is 1. The van der Waals surface area contributed by atoms with Gasteiger partial charge >= 0.3 is 0 Å². The molecule has 0 radical (unpaired) electrons. The van der Waals surface area contributed by atoms with Crippen LogP contribution in [0.15, 0.2) is 48.1 Å². The standard InChI is InChI=1S/C15H11ClFN3OS/c16-11-6-18-20(8-11)7-10-4-14(22-9-10)15(21)19-13-3-1-2-12(17)5-13/h1-6,8-9H,7H2,(H,19,21). The first-order valence-corrected chi connectivity index (χ1v) is 7.68. The molecule has 3 aromatic rings. The highest BCUT2D eigenvalue weighted by molar-refractivity contribution is 7.12. The van der Waals surface area contributed by atoms with Crippen LogP contribution in [0.2, 0.25) is 5.02 Å². The van der Waals surface area contributed by atoms with Crippen LogP contribution in [0.25, 0.3) is 0 Å². The Morgan fingerprint density at radius 1 is 1.41 bits per heavy atom. The Morgan fingerprint density at radius 2 is 2.27 bits per heavy atom. The number of rotatable bonds is 4. The smallest absolute Gasteiger partial charge is 0.265 e. The molecule has 4 nitrogen and oxygen atoms in total. The maximum absolute atomic E-state index is 13.1. The third-order valence-corrected chi connectivity index (χ3v) is 4.08. The van der Waals surface area contributed by atoms with Crippen LogP contribution in [0.4, 0.5) is 10.1 Å². The molecular weight excluding hydrogens is 325 g/mol. The van der Waals surface area contributed by atoms with Gasteiger partial charge in [0.15, 0.2) is 0 Å². The van der Waals surface area contributed by atoms with Crippen LogP contribution < -0.4 is 5.32 Å². The summed E-state index contributed by atoms with van der Waals surface area (Å²) >= 11 is 7.14. The molecule has 1 aromatic carbocycles. The second kappa shape index (κ2) is 6.29. The van der Waals surface area contributed by atoms with Crippen LogP contribution in [0.1, 0.15) is 15.2 Å². The van der Waals surface area contributed by atoms with Crippen molar-refractivity contribution in [2.45, 2.75) is 6.54 Å². The highest BCUT2D eigenvalue weighted by Crippen LogP contribution is 2.19. The summed E-state index contributed by atoms with van der Waals surface area (Å²) in [5.41, 5.74) is 1.38. The van der Waals surface area contributed by atoms with Crippen molar-refractivity contribution in [3.05, 3.63) is 69.4 Å². The average molecular weight is 336 g/mol. The molecular formula is C15H11ClFN3OS. The van der Waals surface area contributed by atoms with Crippen molar-refractivity contribution in [2.24, 2.45) is 0 Å². The number of thiophene rings is 1. The molecule has 1 amide bonds. The van der Waals surface area contributed by atoms with Gasteiger partial charge in [0.25, 0.3) is 5.91 Å². The van der Waals surface area contributed by atoms with Gasteiger partial charge in [-0.25, -0.2) is 4.39 Å². The summed E-state index contributed by atoms with van der Waals surface area (Å²) in [6.07, 6.45) is 3.28. The Kier molecular flexibility index (Phi) is 4.22. The van der Waals surface area contributed by atoms with Crippen LogP contribution in [0, 0.1) is 5.82 Å². The Morgan fingerprint density at radius 3 is 3.00 bits per heavy atom. The van der Waals surface area contributed by atoms with Crippen molar-refractivity contribution >= 4 is 34.5 Å². The summed E-state index contributed by atoms with van der Waals surface area (Å²) in [5, 5.41) is 9.21. The monoisotopic (exact) mass is 335 g/mol. The van der Waals surface area contributed by atoms with E-state index >= 15 is 0 Å². The molecule has 0 unspecified atom stereocenters. The van der Waals surface area contributed by atoms with E-state index in [9.17, 15) is 9.18 Å². The summed E-state index contributed by atoms with van der Waals surface area (Å²) in [5.74, 6) is -0.652. The molecule has 7 heteroatoms. The molecule has 0 aliphatic rings. The van der Waals surface area contributed by atoms with E-state index in [-0.39, 0.29) is 11.7 Å². The van der Waals surface area contributed by atoms with Gasteiger partial charge in [0.2, 0.25) is 0 Å². The number of nitrogens with one attached hydrogen (secondary N) is 1. The first-order chi connectivity index (χ1) is 10.6. The van der Waals surface area contributed by atoms with E-state index in [1.54, 1.807) is 35.3 Å². The lowest BCUT2D eigenvalue weighted by Gasteiger charge is -2.03. The second-order valence-corrected chi connectivity index (χ2v) is 5.99. The number of carbonyl (C=O) groups excluding carboxylic acids is 1. The number of benzene rings is 1. The van der Waals surface area contributed by atoms with Gasteiger partial charge in [0, 0.05) is 11.9 Å². The van der Waals surface area contributed by atoms with Crippen LogP contribution in [0.5, 0.6) is 0 Å². The molecule has 22 heavy (non-hydrogen) atoms. The van der Waals surface area contributed by atoms with Gasteiger partial charge in [-0.15, -0.1) is 11.3 Å². The molecule has 112 valence electrons. The minimum atomic E-state index is -0.389. The van der Waals surface area contributed by atoms with E-state index in [4.69, 9.17) is 11.6 Å². The third-order valence-electron chi connectivity index (χ3n) is 2.91. The molecule has 2 heterocycles. The lowest BCUT2D eigenvalue weighted by molar-refractivity contribution is 0.103. The van der Waals surface area contributed by atoms with Crippen LogP contribution in [0.3, 0.4) is 0 Å². The maximum atomic E-state index is 13.1. The quantitative estimate of drug-likeness (QED) is 0.782. The number of hydrogen-bond donors (Lipinski definition) is 1. The number of carbonyl (C=O) groups is 1. The maximum Gasteiger partial charge on any atom is 0.265 e. The number of hydrogen-bond acceptors (Lipinski definition) is 3. The molecule has 0 saturated heterocycles. The second-order valence-electron chi connectivity index (χ2n) is 4.64. The Labute approximate surface area is 135 Å². The van der Waals surface area contributed by atoms with Gasteiger partial charge in [-0.3, -0.25) is 9.48 Å². The van der Waals surface area contributed by atoms with Gasteiger partial charge in [0.1, 0.15) is 5.82 Å². The van der Waals surface area contributed by atoms with Crippen molar-refractivity contribution in [3.8, 4) is 0 Å². The molecule has 0 saturated carbocycles. The van der Waals surface area contributed by atoms with Crippen molar-refractivity contribution in [2.75, 3.05) is 5.32 Å². The summed E-state index contributed by atoms with van der Waals surface area (Å²) in [4.78, 5) is 12.7. The van der Waals surface area contributed by atoms with Crippen LogP contribution in [-0.4, -0.2) is 15.7 Å². The summed E-state index contributed by atoms with van der Waals surface area (Å²) < 4.78 is 14.8. The number of halogens is 2. The Balaban J connectivity index is 1.69. The molecule has 0 aliphatic carbocycles. The molecule has 3 rings (SSSR count). The van der Waals surface area contributed by atoms with E-state index < -0.39 is 0 Å². The normalized spacial score (nSPS) is 10.6. The fourth-order valence-electron chi connectivity index (χ4n) is 1.95. The predicted molar refractivity (Wildman–Crippen MR) is 85.0 cm³/mol. The first-order valence-electron chi connectivity index (χ1n) is 6.42. The predicted octanol–water partition coefficient (Wildman–Crippen LogP) is 4.04. The van der Waals surface area contributed by atoms with E-state index in [0.717, 1.165) is 5.56 Å². The topological polar surface area (TPSA) is 46.9 Å². The molecule has 1 N–H and O–H groups in total. The SMILES string of the molecule is O=C(Nc1cccc(F)c1)c1cc(Cn2cc(Cl)cn2)cs1. The van der Waals surface area contributed by atoms with Gasteiger partial charge in [-0.05, 0) is 35.2 Å². The number of aromatic nitrogens is 2. The van der Waals surface area contributed by atoms with E-state index in [1.165, 1.54) is 23.5 Å². The lowest BCUT2D eigenvalue weighted by Crippen LogP contribution is -2.10. The molecule has 0 spiro atoms. The van der Waals surface area contributed by atoms with Gasteiger partial charge in [-0.2, -0.15) is 5.10 Å². The Hall–Kier alpha value is -2.18. The number of anilines is 1. The van der Waals surface area contributed by atoms with E-state index in [2.05, 4.69) is 10.4 Å². The van der Waals surface area contributed by atoms with E-state index in [0.29, 0.717) is 22.1 Å². The summed E-state index contributed by atoms with van der Waals surface area (Å²) in [7, 11) is 0. The van der Waals surface area contributed by atoms with Crippen molar-refractivity contribution in [1.82, 2.24) is 9.78 Å². The van der Waals surface area contributed by atoms with E-state index in [1.807, 2.05) is 5.38 Å². The zero-order valence-electron chi connectivity index (χ0n) is 11.3. The molecule has 0 atom stereocenters. The van der Waals surface area contributed by atoms with Gasteiger partial charge in [0.05, 0.1) is 22.6 Å². The average Bonchev–Trinajstić information content (AvgIpc) is 3.09. The molecule has 0 bridgehead atoms. The van der Waals surface area contributed by atoms with Crippen LogP contribution in [-0.2, 0) is 6.54 Å². The summed E-state index contributed by atoms with van der Waals surface area (Å²) in [6.45, 7) is 0.538. The molecule has 0 fully saturated rings. The molecule has 0 aliphatic heterocycles. The third kappa shape index (κ3) is 3.52. The summed E-state index contributed by atoms with van der Waals surface area (Å²) in [6, 6.07) is 7.58. The largest absolute Gasteiger partial charge is 0.321 e. The zero-order chi connectivity index (χ0) is 15.5. The van der Waals surface area contributed by atoms with Crippen LogP contribution >= 0.6 is 22.9 Å². The van der Waals surface area contributed by atoms with Crippen molar-refractivity contribution < 1.29 is 9.18 Å². The van der Waals surface area contributed by atoms with Gasteiger partial charge < -0.3 is 5.32 Å². The highest BCUT2D eigenvalue weighted by Gasteiger charge is 2.10. The zero-order valence-corrected chi connectivity index (χ0v) is 12.9. The van der Waals surface area contributed by atoms with Gasteiger partial charge in [-0.1, -0.05) is 17.7 Å². The fourth-order valence-corrected chi connectivity index (χ4v) is 2.90. The van der Waals surface area contributed by atoms with Crippen molar-refractivity contribution in [3.63, 3.8) is 0 Å². The fraction of sp³-hybridized carbons (Fsp3) is 0.0667. The minimum absolute atomic E-state index is 0.264. The number of nitrogens with zero attached hydrogens (tertiary/aromatic N) is 2. The van der Waals surface area contributed by atoms with Crippen molar-refractivity contribution in [1.29, 1.82) is 0 Å². The Bertz CT molecular complexity index is 814. The first kappa shape index (κ1) is 14.7. The molecule has 2 aromatic heterocycles.